The Hall–Kier alpha value is -5.64. The number of sulfone groups is 2. The second kappa shape index (κ2) is 13.7. The Balaban J connectivity index is 0.000000204. The molecule has 0 radical (unpaired) electrons. The molecule has 0 spiro atoms. The summed E-state index contributed by atoms with van der Waals surface area (Å²) in [7, 11) is -9.82. The molecule has 2 atom stereocenters. The third kappa shape index (κ3) is 6.62. The first-order valence-corrected chi connectivity index (χ1v) is 17.2. The van der Waals surface area contributed by atoms with E-state index in [-0.39, 0.29) is 22.9 Å². The number of rotatable bonds is 6. The highest BCUT2D eigenvalue weighted by atomic mass is 32.2. The quantitative estimate of drug-likeness (QED) is 0.147. The van der Waals surface area contributed by atoms with Crippen molar-refractivity contribution in [2.45, 2.75) is 39.4 Å². The third-order valence-electron chi connectivity index (χ3n) is 7.63. The van der Waals surface area contributed by atoms with Crippen LogP contribution in [0, 0.1) is 30.2 Å². The van der Waals surface area contributed by atoms with Crippen LogP contribution in [0.25, 0.3) is 9.69 Å². The van der Waals surface area contributed by atoms with E-state index < -0.39 is 110 Å². The van der Waals surface area contributed by atoms with E-state index in [1.165, 1.54) is 0 Å². The fraction of sp³-hybridized carbons (Fsp3) is 0.156. The Morgan fingerprint density at radius 1 is 0.755 bits per heavy atom. The summed E-state index contributed by atoms with van der Waals surface area (Å²) in [5.41, 5.74) is -2.74. The molecular formula is C32H17F9N4O6S2. The lowest BCUT2D eigenvalue weighted by molar-refractivity contribution is 0.0662. The van der Waals surface area contributed by atoms with Crippen molar-refractivity contribution in [1.82, 2.24) is 0 Å². The van der Waals surface area contributed by atoms with Crippen molar-refractivity contribution in [2.75, 3.05) is 0 Å². The van der Waals surface area contributed by atoms with E-state index in [9.17, 15) is 56.3 Å². The average molecular weight is 789 g/mol. The van der Waals surface area contributed by atoms with Crippen molar-refractivity contribution in [2.24, 2.45) is 5.73 Å². The number of nitrogens with two attached hydrogens (primary N) is 1. The lowest BCUT2D eigenvalue weighted by atomic mass is 10.0. The van der Waals surface area contributed by atoms with E-state index in [1.54, 1.807) is 0 Å². The summed E-state index contributed by atoms with van der Waals surface area (Å²) < 4.78 is 181. The van der Waals surface area contributed by atoms with Crippen LogP contribution in [0.3, 0.4) is 0 Å². The van der Waals surface area contributed by atoms with Crippen molar-refractivity contribution < 1.29 is 65.8 Å². The number of fused-ring (bicyclic) bond motifs is 2. The lowest BCUT2D eigenvalue weighted by Gasteiger charge is -2.17. The molecule has 6 rings (SSSR count). The molecule has 276 valence electrons. The van der Waals surface area contributed by atoms with Crippen LogP contribution in [0.5, 0.6) is 23.0 Å². The summed E-state index contributed by atoms with van der Waals surface area (Å²) in [6, 6.07) is 6.22. The Labute approximate surface area is 293 Å². The predicted octanol–water partition coefficient (Wildman–Crippen LogP) is 9.04. The van der Waals surface area contributed by atoms with Gasteiger partial charge >= 0.3 is 5.25 Å². The molecule has 4 aromatic rings. The first kappa shape index (κ1) is 38.6. The summed E-state index contributed by atoms with van der Waals surface area (Å²) in [5, 5.41) is 3.09. The SMILES string of the molecule is [C-]#[N+]c1cc(F)cc(Oc2ccc3c(c2C(F)F)C(=N)C(F)S3(=O)=O)c1.[C-]#[N+]c1cc(F)cc(Oc2ccc3c(c2C(F)F)C(N)C(F)(F)S3(=O)=O)c1. The highest BCUT2D eigenvalue weighted by molar-refractivity contribution is 7.93. The summed E-state index contributed by atoms with van der Waals surface area (Å²) in [6.45, 7) is 13.7. The van der Waals surface area contributed by atoms with E-state index >= 15 is 0 Å². The standard InChI is InChI=1S/C16H9F5N2O3S.C16H8F4N2O3S/c1-23-8-4-7(17)5-9(6-8)26-10-2-3-11-13(12(10)15(18)19)14(22)16(20,21)27(11,24)25;1-22-8-4-7(17)5-9(6-8)25-10-2-3-11-13(12(10)15(18)19)14(21)16(20)26(11,23)24/h2-6,14-15H,22H2;2-6,15-16,21H. The van der Waals surface area contributed by atoms with E-state index in [0.717, 1.165) is 54.6 Å². The van der Waals surface area contributed by atoms with Gasteiger partial charge in [-0.3, -0.25) is 0 Å². The van der Waals surface area contributed by atoms with Gasteiger partial charge in [0.2, 0.25) is 25.2 Å². The molecule has 0 saturated carbocycles. The van der Waals surface area contributed by atoms with Gasteiger partial charge in [-0.05, 0) is 48.5 Å². The highest BCUT2D eigenvalue weighted by Crippen LogP contribution is 2.53. The zero-order valence-electron chi connectivity index (χ0n) is 25.7. The Kier molecular flexibility index (Phi) is 9.99. The van der Waals surface area contributed by atoms with Crippen LogP contribution in [0.2, 0.25) is 0 Å². The Bertz CT molecular complexity index is 2500. The zero-order valence-corrected chi connectivity index (χ0v) is 27.4. The maximum atomic E-state index is 14.0. The molecule has 4 aromatic carbocycles. The van der Waals surface area contributed by atoms with E-state index in [2.05, 4.69) is 9.69 Å². The van der Waals surface area contributed by atoms with Gasteiger partial charge in [0, 0.05) is 23.3 Å². The molecule has 2 heterocycles. The van der Waals surface area contributed by atoms with E-state index in [1.807, 2.05) is 0 Å². The normalized spacial score (nSPS) is 18.7. The summed E-state index contributed by atoms with van der Waals surface area (Å²) >= 11 is 0. The Morgan fingerprint density at radius 2 is 1.21 bits per heavy atom. The average Bonchev–Trinajstić information content (AvgIpc) is 3.34. The number of nitrogens with one attached hydrogen (secondary N) is 1. The molecule has 0 fully saturated rings. The number of halogens is 9. The molecule has 3 N–H and O–H groups in total. The van der Waals surface area contributed by atoms with Crippen LogP contribution >= 0.6 is 0 Å². The number of benzene rings is 4. The largest absolute Gasteiger partial charge is 0.458 e. The lowest BCUT2D eigenvalue weighted by Crippen LogP contribution is -2.34. The molecule has 2 aliphatic rings. The molecule has 53 heavy (non-hydrogen) atoms. The number of hydrogen-bond acceptors (Lipinski definition) is 8. The zero-order chi connectivity index (χ0) is 39.4. The number of ether oxygens (including phenoxy) is 2. The van der Waals surface area contributed by atoms with Crippen LogP contribution in [0.4, 0.5) is 50.9 Å². The van der Waals surface area contributed by atoms with Crippen molar-refractivity contribution in [3.05, 3.63) is 117 Å². The molecule has 0 amide bonds. The molecule has 2 unspecified atom stereocenters. The van der Waals surface area contributed by atoms with Crippen LogP contribution in [-0.4, -0.2) is 33.3 Å². The number of hydrogen-bond donors (Lipinski definition) is 2. The number of nitrogens with zero attached hydrogens (tertiary/aromatic N) is 2. The van der Waals surface area contributed by atoms with Gasteiger partial charge in [-0.1, -0.05) is 0 Å². The first-order valence-electron chi connectivity index (χ1n) is 14.1. The van der Waals surface area contributed by atoms with Gasteiger partial charge in [-0.2, -0.15) is 8.78 Å². The third-order valence-corrected chi connectivity index (χ3v) is 11.3. The maximum Gasteiger partial charge on any atom is 0.368 e. The van der Waals surface area contributed by atoms with Gasteiger partial charge in [-0.15, -0.1) is 0 Å². The summed E-state index contributed by atoms with van der Waals surface area (Å²) in [6.07, 6.45) is -6.69. The van der Waals surface area contributed by atoms with Gasteiger partial charge in [0.1, 0.15) is 40.7 Å². The molecule has 0 aliphatic carbocycles. The molecule has 21 heteroatoms. The van der Waals surface area contributed by atoms with Crippen LogP contribution in [0.1, 0.15) is 41.1 Å². The van der Waals surface area contributed by atoms with Gasteiger partial charge < -0.3 is 20.6 Å². The minimum Gasteiger partial charge on any atom is -0.458 e. The van der Waals surface area contributed by atoms with Crippen molar-refractivity contribution in [3.63, 3.8) is 0 Å². The van der Waals surface area contributed by atoms with Crippen molar-refractivity contribution in [1.29, 1.82) is 5.41 Å². The minimum absolute atomic E-state index is 0.140. The molecule has 0 aromatic heterocycles. The van der Waals surface area contributed by atoms with Gasteiger partial charge in [0.25, 0.3) is 12.9 Å². The smallest absolute Gasteiger partial charge is 0.368 e. The van der Waals surface area contributed by atoms with Gasteiger partial charge in [0.05, 0.1) is 39.8 Å². The monoisotopic (exact) mass is 788 g/mol. The topological polar surface area (TPSA) is 145 Å². The van der Waals surface area contributed by atoms with Crippen LogP contribution in [0.15, 0.2) is 70.5 Å². The molecule has 10 nitrogen and oxygen atoms in total. The second-order valence-corrected chi connectivity index (χ2v) is 14.8. The fourth-order valence-corrected chi connectivity index (χ4v) is 8.26. The van der Waals surface area contributed by atoms with E-state index in [4.69, 9.17) is 33.8 Å². The fourth-order valence-electron chi connectivity index (χ4n) is 5.33. The minimum atomic E-state index is -5.24. The molecule has 2 aliphatic heterocycles. The van der Waals surface area contributed by atoms with Crippen molar-refractivity contribution >= 4 is 36.8 Å². The summed E-state index contributed by atoms with van der Waals surface area (Å²) in [5.74, 6) is -3.58. The van der Waals surface area contributed by atoms with Gasteiger partial charge in [-0.25, -0.2) is 57.3 Å². The molecule has 0 bridgehead atoms. The molecular weight excluding hydrogens is 771 g/mol. The number of alkyl halides is 7. The first-order chi connectivity index (χ1) is 24.7. The predicted molar refractivity (Wildman–Crippen MR) is 166 cm³/mol. The van der Waals surface area contributed by atoms with Crippen molar-refractivity contribution in [3.8, 4) is 23.0 Å². The molecule has 0 saturated heterocycles. The maximum absolute atomic E-state index is 14.0. The Morgan fingerprint density at radius 3 is 1.66 bits per heavy atom. The van der Waals surface area contributed by atoms with Gasteiger partial charge in [0.15, 0.2) is 11.4 Å². The van der Waals surface area contributed by atoms with Crippen LogP contribution < -0.4 is 15.2 Å². The second-order valence-electron chi connectivity index (χ2n) is 10.9. The summed E-state index contributed by atoms with van der Waals surface area (Å²) in [4.78, 5) is 4.26. The van der Waals surface area contributed by atoms with Crippen LogP contribution in [-0.2, 0) is 19.7 Å². The highest BCUT2D eigenvalue weighted by Gasteiger charge is 2.60. The van der Waals surface area contributed by atoms with E-state index in [0.29, 0.717) is 6.07 Å².